The first-order valence-electron chi connectivity index (χ1n) is 7.17. The first-order chi connectivity index (χ1) is 10.2. The summed E-state index contributed by atoms with van der Waals surface area (Å²) < 4.78 is 13.6. The van der Waals surface area contributed by atoms with Crippen molar-refractivity contribution in [2.24, 2.45) is 0 Å². The summed E-state index contributed by atoms with van der Waals surface area (Å²) in [7, 11) is 0. The Kier molecular flexibility index (Phi) is 4.26. The number of rotatable bonds is 3. The van der Waals surface area contributed by atoms with Crippen molar-refractivity contribution >= 4 is 32.8 Å². The molecule has 1 saturated heterocycles. The standard InChI is InChI=1S/C15H17BrN2O3/c1-2-20-15(19)14-11-9-10(16)6-7-12(11)18(17-14)13-5-3-4-8-21-13/h6-7,9,13H,2-5,8H2,1H3. The van der Waals surface area contributed by atoms with Crippen LogP contribution in [-0.2, 0) is 9.47 Å². The number of carbonyl (C=O) groups is 1. The van der Waals surface area contributed by atoms with Crippen LogP contribution in [0.15, 0.2) is 22.7 Å². The summed E-state index contributed by atoms with van der Waals surface area (Å²) >= 11 is 3.44. The molecule has 0 spiro atoms. The summed E-state index contributed by atoms with van der Waals surface area (Å²) in [5.41, 5.74) is 1.25. The molecule has 5 nitrogen and oxygen atoms in total. The van der Waals surface area contributed by atoms with Gasteiger partial charge in [-0.25, -0.2) is 9.48 Å². The number of hydrogen-bond donors (Lipinski definition) is 0. The van der Waals surface area contributed by atoms with Crippen LogP contribution in [0, 0.1) is 0 Å². The zero-order valence-corrected chi connectivity index (χ0v) is 13.4. The van der Waals surface area contributed by atoms with Gasteiger partial charge in [0, 0.05) is 16.5 Å². The first-order valence-corrected chi connectivity index (χ1v) is 7.96. The number of benzene rings is 1. The Hall–Kier alpha value is -1.40. The fourth-order valence-corrected chi connectivity index (χ4v) is 2.96. The second-order valence-electron chi connectivity index (χ2n) is 5.00. The van der Waals surface area contributed by atoms with Crippen LogP contribution in [0.1, 0.15) is 42.9 Å². The van der Waals surface area contributed by atoms with Gasteiger partial charge in [-0.15, -0.1) is 0 Å². The predicted molar refractivity (Wildman–Crippen MR) is 82.2 cm³/mol. The highest BCUT2D eigenvalue weighted by atomic mass is 79.9. The largest absolute Gasteiger partial charge is 0.461 e. The molecule has 3 rings (SSSR count). The molecule has 1 fully saturated rings. The van der Waals surface area contributed by atoms with Crippen molar-refractivity contribution in [2.45, 2.75) is 32.4 Å². The number of carbonyl (C=O) groups excluding carboxylic acids is 1. The highest BCUT2D eigenvalue weighted by Crippen LogP contribution is 2.30. The number of nitrogens with zero attached hydrogens (tertiary/aromatic N) is 2. The Morgan fingerprint density at radius 3 is 3.10 bits per heavy atom. The van der Waals surface area contributed by atoms with Crippen LogP contribution in [0.4, 0.5) is 0 Å². The Bertz CT molecular complexity index is 662. The molecule has 1 aliphatic rings. The number of fused-ring (bicyclic) bond motifs is 1. The Morgan fingerprint density at radius 1 is 1.52 bits per heavy atom. The van der Waals surface area contributed by atoms with Crippen LogP contribution >= 0.6 is 15.9 Å². The fourth-order valence-electron chi connectivity index (χ4n) is 2.60. The van der Waals surface area contributed by atoms with E-state index in [1.54, 1.807) is 6.92 Å². The maximum atomic E-state index is 12.1. The topological polar surface area (TPSA) is 53.3 Å². The molecule has 0 bridgehead atoms. The monoisotopic (exact) mass is 352 g/mol. The molecule has 0 radical (unpaired) electrons. The summed E-state index contributed by atoms with van der Waals surface area (Å²) in [5, 5.41) is 5.26. The van der Waals surface area contributed by atoms with E-state index in [9.17, 15) is 4.79 Å². The lowest BCUT2D eigenvalue weighted by atomic mass is 10.2. The van der Waals surface area contributed by atoms with Crippen molar-refractivity contribution in [3.05, 3.63) is 28.4 Å². The quantitative estimate of drug-likeness (QED) is 0.790. The fraction of sp³-hybridized carbons (Fsp3) is 0.467. The van der Waals surface area contributed by atoms with Crippen molar-refractivity contribution in [3.63, 3.8) is 0 Å². The smallest absolute Gasteiger partial charge is 0.359 e. The van der Waals surface area contributed by atoms with Crippen LogP contribution in [0.2, 0.25) is 0 Å². The van der Waals surface area contributed by atoms with Gasteiger partial charge < -0.3 is 9.47 Å². The summed E-state index contributed by atoms with van der Waals surface area (Å²) in [6, 6.07) is 5.79. The molecule has 1 aliphatic heterocycles. The Balaban J connectivity index is 2.09. The molecule has 0 saturated carbocycles. The summed E-state index contributed by atoms with van der Waals surface area (Å²) in [6.45, 7) is 2.86. The first kappa shape index (κ1) is 14.5. The lowest BCUT2D eigenvalue weighted by molar-refractivity contribution is -0.0369. The van der Waals surface area contributed by atoms with Crippen molar-refractivity contribution in [3.8, 4) is 0 Å². The van der Waals surface area contributed by atoms with E-state index in [0.717, 1.165) is 41.2 Å². The minimum atomic E-state index is -0.393. The summed E-state index contributed by atoms with van der Waals surface area (Å²) in [4.78, 5) is 12.1. The van der Waals surface area contributed by atoms with Gasteiger partial charge in [-0.05, 0) is 44.4 Å². The van der Waals surface area contributed by atoms with Gasteiger partial charge in [-0.2, -0.15) is 5.10 Å². The Morgan fingerprint density at radius 2 is 2.38 bits per heavy atom. The minimum Gasteiger partial charge on any atom is -0.461 e. The number of hydrogen-bond acceptors (Lipinski definition) is 4. The zero-order chi connectivity index (χ0) is 14.8. The van der Waals surface area contributed by atoms with Gasteiger partial charge in [0.15, 0.2) is 11.9 Å². The summed E-state index contributed by atoms with van der Waals surface area (Å²) in [5.74, 6) is -0.393. The summed E-state index contributed by atoms with van der Waals surface area (Å²) in [6.07, 6.45) is 2.99. The average Bonchev–Trinajstić information content (AvgIpc) is 2.87. The molecule has 2 aromatic rings. The molecule has 2 heterocycles. The molecule has 1 aromatic carbocycles. The molecule has 0 amide bonds. The number of halogens is 1. The molecule has 1 aromatic heterocycles. The van der Waals surface area contributed by atoms with E-state index in [1.165, 1.54) is 0 Å². The van der Waals surface area contributed by atoms with Crippen molar-refractivity contribution in [2.75, 3.05) is 13.2 Å². The van der Waals surface area contributed by atoms with Gasteiger partial charge in [-0.1, -0.05) is 15.9 Å². The van der Waals surface area contributed by atoms with Gasteiger partial charge in [0.05, 0.1) is 12.1 Å². The van der Waals surface area contributed by atoms with E-state index in [0.29, 0.717) is 12.3 Å². The number of ether oxygens (including phenoxy) is 2. The number of aromatic nitrogens is 2. The molecular weight excluding hydrogens is 336 g/mol. The molecule has 0 N–H and O–H groups in total. The van der Waals surface area contributed by atoms with E-state index in [1.807, 2.05) is 22.9 Å². The maximum Gasteiger partial charge on any atom is 0.359 e. The second kappa shape index (κ2) is 6.15. The molecule has 1 unspecified atom stereocenters. The third-order valence-corrected chi connectivity index (χ3v) is 4.06. The van der Waals surface area contributed by atoms with Crippen LogP contribution in [0.25, 0.3) is 10.9 Å². The third-order valence-electron chi connectivity index (χ3n) is 3.57. The van der Waals surface area contributed by atoms with Gasteiger partial charge in [0.25, 0.3) is 0 Å². The van der Waals surface area contributed by atoms with Gasteiger partial charge in [0.1, 0.15) is 0 Å². The van der Waals surface area contributed by atoms with Crippen molar-refractivity contribution in [1.29, 1.82) is 0 Å². The Labute approximate surface area is 131 Å². The van der Waals surface area contributed by atoms with E-state index in [2.05, 4.69) is 21.0 Å². The molecule has 21 heavy (non-hydrogen) atoms. The molecule has 6 heteroatoms. The van der Waals surface area contributed by atoms with E-state index >= 15 is 0 Å². The van der Waals surface area contributed by atoms with Gasteiger partial charge in [0.2, 0.25) is 0 Å². The predicted octanol–water partition coefficient (Wildman–Crippen LogP) is 3.67. The highest BCUT2D eigenvalue weighted by Gasteiger charge is 2.24. The van der Waals surface area contributed by atoms with E-state index < -0.39 is 5.97 Å². The van der Waals surface area contributed by atoms with Gasteiger partial charge in [-0.3, -0.25) is 0 Å². The SMILES string of the molecule is CCOC(=O)c1nn(C2CCCCO2)c2ccc(Br)cc12. The van der Waals surface area contributed by atoms with Crippen molar-refractivity contribution < 1.29 is 14.3 Å². The van der Waals surface area contributed by atoms with Crippen LogP contribution < -0.4 is 0 Å². The molecule has 112 valence electrons. The van der Waals surface area contributed by atoms with Crippen molar-refractivity contribution in [1.82, 2.24) is 9.78 Å². The lowest BCUT2D eigenvalue weighted by Crippen LogP contribution is -2.19. The average molecular weight is 353 g/mol. The van der Waals surface area contributed by atoms with E-state index in [4.69, 9.17) is 9.47 Å². The van der Waals surface area contributed by atoms with Crippen LogP contribution in [-0.4, -0.2) is 29.0 Å². The maximum absolute atomic E-state index is 12.1. The minimum absolute atomic E-state index is 0.106. The molecular formula is C15H17BrN2O3. The second-order valence-corrected chi connectivity index (χ2v) is 5.91. The van der Waals surface area contributed by atoms with E-state index in [-0.39, 0.29) is 6.23 Å². The number of esters is 1. The molecule has 1 atom stereocenters. The highest BCUT2D eigenvalue weighted by molar-refractivity contribution is 9.10. The third kappa shape index (κ3) is 2.82. The van der Waals surface area contributed by atoms with Crippen LogP contribution in [0.5, 0.6) is 0 Å². The van der Waals surface area contributed by atoms with Gasteiger partial charge >= 0.3 is 5.97 Å². The normalized spacial score (nSPS) is 18.9. The van der Waals surface area contributed by atoms with Crippen LogP contribution in [0.3, 0.4) is 0 Å². The lowest BCUT2D eigenvalue weighted by Gasteiger charge is -2.23. The zero-order valence-electron chi connectivity index (χ0n) is 11.8. The molecule has 0 aliphatic carbocycles.